The molecule has 1 aromatic heterocycles. The summed E-state index contributed by atoms with van der Waals surface area (Å²) in [5.41, 5.74) is 0. The highest BCUT2D eigenvalue weighted by Gasteiger charge is 2.16. The highest BCUT2D eigenvalue weighted by Crippen LogP contribution is 2.13. The number of nitrogens with zero attached hydrogens (tertiary/aromatic N) is 1. The molecule has 0 unspecified atom stereocenters. The van der Waals surface area contributed by atoms with Gasteiger partial charge in [0, 0.05) is 26.1 Å². The van der Waals surface area contributed by atoms with Crippen LogP contribution in [0.1, 0.15) is 36.2 Å². The quantitative estimate of drug-likeness (QED) is 0.920. The van der Waals surface area contributed by atoms with Crippen molar-refractivity contribution in [3.05, 3.63) is 23.1 Å². The van der Waals surface area contributed by atoms with Crippen molar-refractivity contribution in [1.82, 2.24) is 10.2 Å². The standard InChI is InChI=1S/C13H17ClN2O3/c14-11-6-5-10(19-11)13(18)15-7-9-16-8-3-1-2-4-12(16)17/h5-6H,1-4,7-9H2,(H,15,18). The highest BCUT2D eigenvalue weighted by atomic mass is 35.5. The number of nitrogens with one attached hydrogen (secondary N) is 1. The minimum Gasteiger partial charge on any atom is -0.440 e. The summed E-state index contributed by atoms with van der Waals surface area (Å²) in [6, 6.07) is 3.05. The molecule has 1 aliphatic rings. The molecule has 0 spiro atoms. The van der Waals surface area contributed by atoms with Crippen LogP contribution in [0.2, 0.25) is 5.22 Å². The van der Waals surface area contributed by atoms with Crippen molar-refractivity contribution >= 4 is 23.4 Å². The molecule has 0 bridgehead atoms. The zero-order valence-corrected chi connectivity index (χ0v) is 11.4. The molecule has 19 heavy (non-hydrogen) atoms. The van der Waals surface area contributed by atoms with E-state index in [0.29, 0.717) is 19.5 Å². The molecule has 0 aromatic carbocycles. The van der Waals surface area contributed by atoms with Crippen molar-refractivity contribution in [2.24, 2.45) is 0 Å². The molecule has 0 saturated carbocycles. The Labute approximate surface area is 116 Å². The Hall–Kier alpha value is -1.49. The Morgan fingerprint density at radius 1 is 1.37 bits per heavy atom. The molecular formula is C13H17ClN2O3. The number of carbonyl (C=O) groups excluding carboxylic acids is 2. The number of carbonyl (C=O) groups is 2. The summed E-state index contributed by atoms with van der Waals surface area (Å²) in [7, 11) is 0. The lowest BCUT2D eigenvalue weighted by Gasteiger charge is -2.20. The summed E-state index contributed by atoms with van der Waals surface area (Å²) >= 11 is 5.60. The Balaban J connectivity index is 1.76. The van der Waals surface area contributed by atoms with Gasteiger partial charge in [-0.05, 0) is 36.6 Å². The van der Waals surface area contributed by atoms with Gasteiger partial charge in [-0.1, -0.05) is 6.42 Å². The third-order valence-corrected chi connectivity index (χ3v) is 3.34. The van der Waals surface area contributed by atoms with Gasteiger partial charge in [0.15, 0.2) is 11.0 Å². The van der Waals surface area contributed by atoms with Crippen LogP contribution >= 0.6 is 11.6 Å². The number of amides is 2. The van der Waals surface area contributed by atoms with Crippen molar-refractivity contribution in [2.45, 2.75) is 25.7 Å². The van der Waals surface area contributed by atoms with Crippen molar-refractivity contribution in [1.29, 1.82) is 0 Å². The zero-order valence-electron chi connectivity index (χ0n) is 10.7. The third-order valence-electron chi connectivity index (χ3n) is 3.14. The fourth-order valence-corrected chi connectivity index (χ4v) is 2.25. The van der Waals surface area contributed by atoms with E-state index in [1.165, 1.54) is 12.1 Å². The normalized spacial score (nSPS) is 16.3. The van der Waals surface area contributed by atoms with Gasteiger partial charge in [0.05, 0.1) is 0 Å². The number of hydrogen-bond donors (Lipinski definition) is 1. The summed E-state index contributed by atoms with van der Waals surface area (Å²) in [5.74, 6) is 0.0501. The molecule has 0 radical (unpaired) electrons. The van der Waals surface area contributed by atoms with Gasteiger partial charge in [-0.2, -0.15) is 0 Å². The Bertz CT molecular complexity index is 458. The van der Waals surface area contributed by atoms with E-state index in [4.69, 9.17) is 16.0 Å². The molecule has 104 valence electrons. The number of likely N-dealkylation sites (tertiary alicyclic amines) is 1. The van der Waals surface area contributed by atoms with Crippen LogP contribution in [-0.2, 0) is 4.79 Å². The summed E-state index contributed by atoms with van der Waals surface area (Å²) in [6.45, 7) is 1.74. The van der Waals surface area contributed by atoms with E-state index in [1.54, 1.807) is 0 Å². The van der Waals surface area contributed by atoms with E-state index in [9.17, 15) is 9.59 Å². The topological polar surface area (TPSA) is 62.6 Å². The lowest BCUT2D eigenvalue weighted by Crippen LogP contribution is -2.38. The molecule has 6 heteroatoms. The van der Waals surface area contributed by atoms with Gasteiger partial charge >= 0.3 is 0 Å². The van der Waals surface area contributed by atoms with Crippen LogP contribution in [0.3, 0.4) is 0 Å². The lowest BCUT2D eigenvalue weighted by atomic mass is 10.2. The smallest absolute Gasteiger partial charge is 0.287 e. The summed E-state index contributed by atoms with van der Waals surface area (Å²) in [6.07, 6.45) is 3.71. The molecule has 0 atom stereocenters. The number of halogens is 1. The molecule has 1 aromatic rings. The molecule has 5 nitrogen and oxygen atoms in total. The van der Waals surface area contributed by atoms with Crippen LogP contribution < -0.4 is 5.32 Å². The van der Waals surface area contributed by atoms with Crippen molar-refractivity contribution < 1.29 is 14.0 Å². The number of furan rings is 1. The van der Waals surface area contributed by atoms with E-state index in [1.807, 2.05) is 4.90 Å². The molecule has 1 saturated heterocycles. The highest BCUT2D eigenvalue weighted by molar-refractivity contribution is 6.29. The fourth-order valence-electron chi connectivity index (χ4n) is 2.10. The van der Waals surface area contributed by atoms with Crippen molar-refractivity contribution in [3.63, 3.8) is 0 Å². The summed E-state index contributed by atoms with van der Waals surface area (Å²) in [4.78, 5) is 25.2. The number of hydrogen-bond acceptors (Lipinski definition) is 3. The molecule has 2 heterocycles. The molecule has 1 aliphatic heterocycles. The molecule has 1 N–H and O–H groups in total. The first-order valence-corrected chi connectivity index (χ1v) is 6.86. The van der Waals surface area contributed by atoms with Crippen LogP contribution in [-0.4, -0.2) is 36.3 Å². The SMILES string of the molecule is O=C(NCCN1CCCCCC1=O)c1ccc(Cl)o1. The zero-order chi connectivity index (χ0) is 13.7. The molecule has 2 rings (SSSR count). The van der Waals surface area contributed by atoms with E-state index >= 15 is 0 Å². The second kappa shape index (κ2) is 6.61. The summed E-state index contributed by atoms with van der Waals surface area (Å²) < 4.78 is 5.00. The van der Waals surface area contributed by atoms with E-state index in [0.717, 1.165) is 25.8 Å². The fraction of sp³-hybridized carbons (Fsp3) is 0.538. The average Bonchev–Trinajstić information content (AvgIpc) is 2.72. The average molecular weight is 285 g/mol. The predicted octanol–water partition coefficient (Wildman–Crippen LogP) is 2.07. The minimum absolute atomic E-state index is 0.174. The number of rotatable bonds is 4. The van der Waals surface area contributed by atoms with Crippen LogP contribution in [0.25, 0.3) is 0 Å². The van der Waals surface area contributed by atoms with Crippen molar-refractivity contribution in [3.8, 4) is 0 Å². The Kier molecular flexibility index (Phi) is 4.85. The van der Waals surface area contributed by atoms with Gasteiger partial charge in [-0.25, -0.2) is 0 Å². The monoisotopic (exact) mass is 284 g/mol. The van der Waals surface area contributed by atoms with Gasteiger partial charge in [-0.3, -0.25) is 9.59 Å². The largest absolute Gasteiger partial charge is 0.440 e. The molecule has 2 amide bonds. The summed E-state index contributed by atoms with van der Waals surface area (Å²) in [5, 5.41) is 2.90. The Morgan fingerprint density at radius 2 is 2.21 bits per heavy atom. The maximum absolute atomic E-state index is 11.7. The third kappa shape index (κ3) is 3.99. The maximum atomic E-state index is 11.7. The van der Waals surface area contributed by atoms with E-state index < -0.39 is 0 Å². The predicted molar refractivity (Wildman–Crippen MR) is 71.1 cm³/mol. The van der Waals surface area contributed by atoms with Crippen molar-refractivity contribution in [2.75, 3.05) is 19.6 Å². The van der Waals surface area contributed by atoms with E-state index in [2.05, 4.69) is 5.32 Å². The van der Waals surface area contributed by atoms with Crippen LogP contribution in [0, 0.1) is 0 Å². The van der Waals surface area contributed by atoms with Crippen LogP contribution in [0.5, 0.6) is 0 Å². The molecule has 0 aliphatic carbocycles. The maximum Gasteiger partial charge on any atom is 0.287 e. The van der Waals surface area contributed by atoms with Gasteiger partial charge in [0.1, 0.15) is 0 Å². The van der Waals surface area contributed by atoms with Crippen LogP contribution in [0.15, 0.2) is 16.5 Å². The van der Waals surface area contributed by atoms with Gasteiger partial charge < -0.3 is 14.6 Å². The Morgan fingerprint density at radius 3 is 2.95 bits per heavy atom. The molecule has 1 fully saturated rings. The first kappa shape index (κ1) is 13.9. The van der Waals surface area contributed by atoms with Gasteiger partial charge in [-0.15, -0.1) is 0 Å². The molecular weight excluding hydrogens is 268 g/mol. The minimum atomic E-state index is -0.311. The van der Waals surface area contributed by atoms with Gasteiger partial charge in [0.25, 0.3) is 5.91 Å². The first-order valence-electron chi connectivity index (χ1n) is 6.48. The van der Waals surface area contributed by atoms with E-state index in [-0.39, 0.29) is 22.8 Å². The lowest BCUT2D eigenvalue weighted by molar-refractivity contribution is -0.130. The second-order valence-corrected chi connectivity index (χ2v) is 4.92. The second-order valence-electron chi connectivity index (χ2n) is 4.55. The van der Waals surface area contributed by atoms with Crippen LogP contribution in [0.4, 0.5) is 0 Å². The first-order chi connectivity index (χ1) is 9.16. The van der Waals surface area contributed by atoms with Gasteiger partial charge in [0.2, 0.25) is 5.91 Å².